The molecule has 136 valence electrons. The van der Waals surface area contributed by atoms with Gasteiger partial charge in [0.1, 0.15) is 6.04 Å². The zero-order valence-electron chi connectivity index (χ0n) is 13.8. The number of fused-ring (bicyclic) bond motifs is 1. The molecule has 2 amide bonds. The third-order valence-corrected chi connectivity index (χ3v) is 6.04. The van der Waals surface area contributed by atoms with Crippen LogP contribution in [-0.2, 0) is 9.84 Å². The molecule has 2 heterocycles. The Kier molecular flexibility index (Phi) is 4.08. The summed E-state index contributed by atoms with van der Waals surface area (Å²) in [5.41, 5.74) is 0.432. The number of amides is 2. The van der Waals surface area contributed by atoms with Gasteiger partial charge in [-0.25, -0.2) is 8.42 Å². The molecule has 1 atom stereocenters. The molecule has 0 saturated heterocycles. The standard InChI is InChI=1S/C18H13N3O5S/c22-17-13-8-4-5-9-14(13)18(23)21(17)15(16-19-11-26-20-16)10-27(24,25)12-6-2-1-3-7-12/h1-9,11,15H,10H2. The maximum absolute atomic E-state index is 12.8. The maximum atomic E-state index is 12.8. The third-order valence-electron chi connectivity index (χ3n) is 4.29. The Bertz CT molecular complexity index is 1080. The lowest BCUT2D eigenvalue weighted by Gasteiger charge is -2.23. The van der Waals surface area contributed by atoms with E-state index < -0.39 is 33.4 Å². The number of carbonyl (C=O) groups excluding carboxylic acids is 2. The third kappa shape index (κ3) is 2.91. The second kappa shape index (κ2) is 6.44. The molecule has 0 N–H and O–H groups in total. The van der Waals surface area contributed by atoms with Gasteiger partial charge in [0, 0.05) is 0 Å². The molecule has 0 spiro atoms. The first-order valence-corrected chi connectivity index (χ1v) is 9.65. The van der Waals surface area contributed by atoms with Gasteiger partial charge in [0.15, 0.2) is 15.7 Å². The van der Waals surface area contributed by atoms with Gasteiger partial charge in [-0.05, 0) is 24.3 Å². The normalized spacial score (nSPS) is 15.0. The topological polar surface area (TPSA) is 110 Å². The van der Waals surface area contributed by atoms with Crippen molar-refractivity contribution in [3.8, 4) is 0 Å². The Balaban J connectivity index is 1.76. The van der Waals surface area contributed by atoms with Crippen LogP contribution in [0, 0.1) is 0 Å². The van der Waals surface area contributed by atoms with E-state index in [1.54, 1.807) is 30.3 Å². The number of hydrogen-bond acceptors (Lipinski definition) is 7. The summed E-state index contributed by atoms with van der Waals surface area (Å²) in [7, 11) is -3.82. The summed E-state index contributed by atoms with van der Waals surface area (Å²) in [5.74, 6) is -1.78. The van der Waals surface area contributed by atoms with Gasteiger partial charge in [-0.1, -0.05) is 35.5 Å². The highest BCUT2D eigenvalue weighted by molar-refractivity contribution is 7.91. The molecule has 0 fully saturated rings. The van der Waals surface area contributed by atoms with E-state index in [-0.39, 0.29) is 21.8 Å². The predicted molar refractivity (Wildman–Crippen MR) is 92.5 cm³/mol. The van der Waals surface area contributed by atoms with Crippen LogP contribution in [0.2, 0.25) is 0 Å². The van der Waals surface area contributed by atoms with Crippen LogP contribution in [0.5, 0.6) is 0 Å². The van der Waals surface area contributed by atoms with Crippen LogP contribution in [0.1, 0.15) is 32.6 Å². The van der Waals surface area contributed by atoms with Gasteiger partial charge in [-0.2, -0.15) is 4.98 Å². The second-order valence-electron chi connectivity index (χ2n) is 5.93. The van der Waals surface area contributed by atoms with Gasteiger partial charge < -0.3 is 4.52 Å². The Morgan fingerprint density at radius 2 is 1.52 bits per heavy atom. The molecule has 9 heteroatoms. The molecule has 1 unspecified atom stereocenters. The Morgan fingerprint density at radius 3 is 2.07 bits per heavy atom. The molecule has 0 aliphatic carbocycles. The highest BCUT2D eigenvalue weighted by Gasteiger charge is 2.43. The van der Waals surface area contributed by atoms with Crippen molar-refractivity contribution >= 4 is 21.7 Å². The lowest BCUT2D eigenvalue weighted by molar-refractivity contribution is 0.0590. The summed E-state index contributed by atoms with van der Waals surface area (Å²) in [6.07, 6.45) is 1.02. The minimum absolute atomic E-state index is 0.0518. The van der Waals surface area contributed by atoms with Gasteiger partial charge in [0.05, 0.1) is 21.8 Å². The maximum Gasteiger partial charge on any atom is 0.262 e. The number of hydrogen-bond donors (Lipinski definition) is 0. The van der Waals surface area contributed by atoms with Crippen LogP contribution in [0.4, 0.5) is 0 Å². The molecular formula is C18H13N3O5S. The van der Waals surface area contributed by atoms with Gasteiger partial charge >= 0.3 is 0 Å². The average molecular weight is 383 g/mol. The SMILES string of the molecule is O=C1c2ccccc2C(=O)N1C(CS(=O)(=O)c1ccccc1)c1ncon1. The van der Waals surface area contributed by atoms with Gasteiger partial charge in [0.2, 0.25) is 6.39 Å². The highest BCUT2D eigenvalue weighted by atomic mass is 32.2. The van der Waals surface area contributed by atoms with Crippen LogP contribution < -0.4 is 0 Å². The zero-order valence-corrected chi connectivity index (χ0v) is 14.7. The van der Waals surface area contributed by atoms with Crippen molar-refractivity contribution in [3.63, 3.8) is 0 Å². The van der Waals surface area contributed by atoms with Crippen molar-refractivity contribution in [2.75, 3.05) is 5.75 Å². The average Bonchev–Trinajstić information content (AvgIpc) is 3.29. The highest BCUT2D eigenvalue weighted by Crippen LogP contribution is 2.32. The summed E-state index contributed by atoms with van der Waals surface area (Å²) in [6.45, 7) is 0. The molecule has 3 aromatic rings. The van der Waals surface area contributed by atoms with E-state index in [2.05, 4.69) is 10.1 Å². The first-order valence-electron chi connectivity index (χ1n) is 8.00. The van der Waals surface area contributed by atoms with E-state index >= 15 is 0 Å². The summed E-state index contributed by atoms with van der Waals surface area (Å²) in [6, 6.07) is 12.9. The molecule has 1 aromatic heterocycles. The van der Waals surface area contributed by atoms with E-state index in [1.165, 1.54) is 24.3 Å². The zero-order chi connectivity index (χ0) is 19.0. The molecule has 4 rings (SSSR count). The Labute approximate surface area is 154 Å². The summed E-state index contributed by atoms with van der Waals surface area (Å²) in [5, 5.41) is 3.67. The van der Waals surface area contributed by atoms with E-state index in [0.717, 1.165) is 11.3 Å². The number of benzene rings is 2. The van der Waals surface area contributed by atoms with Crippen molar-refractivity contribution in [3.05, 3.63) is 77.9 Å². The molecule has 0 saturated carbocycles. The van der Waals surface area contributed by atoms with E-state index in [1.807, 2.05) is 0 Å². The number of rotatable bonds is 5. The Morgan fingerprint density at radius 1 is 0.926 bits per heavy atom. The molecule has 1 aliphatic rings. The monoisotopic (exact) mass is 383 g/mol. The number of sulfone groups is 1. The number of aromatic nitrogens is 2. The molecule has 0 bridgehead atoms. The van der Waals surface area contributed by atoms with Crippen molar-refractivity contribution in [2.45, 2.75) is 10.9 Å². The van der Waals surface area contributed by atoms with E-state index in [9.17, 15) is 18.0 Å². The van der Waals surface area contributed by atoms with Gasteiger partial charge in [0.25, 0.3) is 11.8 Å². The number of nitrogens with zero attached hydrogens (tertiary/aromatic N) is 3. The van der Waals surface area contributed by atoms with Crippen molar-refractivity contribution in [1.29, 1.82) is 0 Å². The molecule has 8 nitrogen and oxygen atoms in total. The van der Waals surface area contributed by atoms with Crippen LogP contribution in [-0.4, -0.2) is 41.0 Å². The largest absolute Gasteiger partial charge is 0.343 e. The molecular weight excluding hydrogens is 370 g/mol. The fourth-order valence-corrected chi connectivity index (χ4v) is 4.49. The van der Waals surface area contributed by atoms with Crippen molar-refractivity contribution in [2.24, 2.45) is 0 Å². The van der Waals surface area contributed by atoms with Crippen LogP contribution >= 0.6 is 0 Å². The fraction of sp³-hybridized carbons (Fsp3) is 0.111. The molecule has 27 heavy (non-hydrogen) atoms. The lowest BCUT2D eigenvalue weighted by atomic mass is 10.1. The van der Waals surface area contributed by atoms with Crippen LogP contribution in [0.15, 0.2) is 70.4 Å². The first-order chi connectivity index (χ1) is 13.0. The minimum Gasteiger partial charge on any atom is -0.343 e. The molecule has 1 aliphatic heterocycles. The predicted octanol–water partition coefficient (Wildman–Crippen LogP) is 1.88. The molecule has 2 aromatic carbocycles. The Hall–Kier alpha value is -3.33. The van der Waals surface area contributed by atoms with Crippen LogP contribution in [0.3, 0.4) is 0 Å². The van der Waals surface area contributed by atoms with Gasteiger partial charge in [-0.3, -0.25) is 14.5 Å². The summed E-state index contributed by atoms with van der Waals surface area (Å²) < 4.78 is 30.4. The lowest BCUT2D eigenvalue weighted by Crippen LogP contribution is -2.38. The van der Waals surface area contributed by atoms with Crippen molar-refractivity contribution < 1.29 is 22.5 Å². The fourth-order valence-electron chi connectivity index (χ4n) is 3.01. The number of imide groups is 1. The van der Waals surface area contributed by atoms with E-state index in [0.29, 0.717) is 0 Å². The number of carbonyl (C=O) groups is 2. The van der Waals surface area contributed by atoms with Crippen LogP contribution in [0.25, 0.3) is 0 Å². The molecule has 0 radical (unpaired) electrons. The van der Waals surface area contributed by atoms with E-state index in [4.69, 9.17) is 4.52 Å². The first kappa shape index (κ1) is 17.1. The van der Waals surface area contributed by atoms with Crippen molar-refractivity contribution in [1.82, 2.24) is 15.0 Å². The second-order valence-corrected chi connectivity index (χ2v) is 7.96. The quantitative estimate of drug-likeness (QED) is 0.619. The summed E-state index contributed by atoms with van der Waals surface area (Å²) >= 11 is 0. The summed E-state index contributed by atoms with van der Waals surface area (Å²) in [4.78, 5) is 30.4. The van der Waals surface area contributed by atoms with Gasteiger partial charge in [-0.15, -0.1) is 0 Å². The minimum atomic E-state index is -3.82. The smallest absolute Gasteiger partial charge is 0.262 e.